The van der Waals surface area contributed by atoms with Crippen molar-refractivity contribution in [2.75, 3.05) is 26.2 Å². The Morgan fingerprint density at radius 3 is 2.83 bits per heavy atom. The van der Waals surface area contributed by atoms with E-state index >= 15 is 0 Å². The molecule has 5 heteroatoms. The lowest BCUT2D eigenvalue weighted by atomic mass is 10.4. The molecule has 0 spiro atoms. The zero-order valence-electron chi connectivity index (χ0n) is 7.30. The first-order valence-corrected chi connectivity index (χ1v) is 4.04. The summed E-state index contributed by atoms with van der Waals surface area (Å²) in [6.07, 6.45) is 0.0845. The van der Waals surface area contributed by atoms with Gasteiger partial charge < -0.3 is 15.3 Å². The van der Waals surface area contributed by atoms with Crippen molar-refractivity contribution < 1.29 is 14.7 Å². The lowest BCUT2D eigenvalue weighted by molar-refractivity contribution is -0.137. The fourth-order valence-electron chi connectivity index (χ4n) is 0.602. The molecule has 0 amide bonds. The van der Waals surface area contributed by atoms with Gasteiger partial charge >= 0.3 is 5.97 Å². The maximum absolute atomic E-state index is 10.0. The van der Waals surface area contributed by atoms with Gasteiger partial charge in [-0.3, -0.25) is 4.79 Å². The SMILES string of the molecule is CCNCCONCCC(=O)O. The number of nitrogens with one attached hydrogen (secondary N) is 2. The third-order valence-electron chi connectivity index (χ3n) is 1.17. The van der Waals surface area contributed by atoms with Crippen LogP contribution in [0.4, 0.5) is 0 Å². The van der Waals surface area contributed by atoms with Crippen molar-refractivity contribution in [1.82, 2.24) is 10.8 Å². The van der Waals surface area contributed by atoms with Crippen LogP contribution in [0.25, 0.3) is 0 Å². The Hall–Kier alpha value is -0.650. The topological polar surface area (TPSA) is 70.6 Å². The molecule has 0 aromatic carbocycles. The van der Waals surface area contributed by atoms with Crippen molar-refractivity contribution in [1.29, 1.82) is 0 Å². The molecule has 0 heterocycles. The number of aliphatic carboxylic acids is 1. The first-order valence-electron chi connectivity index (χ1n) is 4.04. The van der Waals surface area contributed by atoms with Crippen molar-refractivity contribution >= 4 is 5.97 Å². The first-order chi connectivity index (χ1) is 5.77. The zero-order valence-corrected chi connectivity index (χ0v) is 7.30. The number of hydrogen-bond acceptors (Lipinski definition) is 4. The number of hydrogen-bond donors (Lipinski definition) is 3. The van der Waals surface area contributed by atoms with E-state index in [2.05, 4.69) is 10.8 Å². The van der Waals surface area contributed by atoms with Crippen LogP contribution in [0.15, 0.2) is 0 Å². The van der Waals surface area contributed by atoms with Crippen LogP contribution in [0.2, 0.25) is 0 Å². The summed E-state index contributed by atoms with van der Waals surface area (Å²) in [5, 5.41) is 11.3. The van der Waals surface area contributed by atoms with Crippen molar-refractivity contribution in [2.45, 2.75) is 13.3 Å². The highest BCUT2D eigenvalue weighted by atomic mass is 16.6. The van der Waals surface area contributed by atoms with Crippen molar-refractivity contribution in [3.8, 4) is 0 Å². The highest BCUT2D eigenvalue weighted by Gasteiger charge is 1.94. The Morgan fingerprint density at radius 2 is 2.25 bits per heavy atom. The molecule has 0 aliphatic rings. The van der Waals surface area contributed by atoms with Gasteiger partial charge in [-0.15, -0.1) is 0 Å². The fourth-order valence-corrected chi connectivity index (χ4v) is 0.602. The predicted octanol–water partition coefficient (Wildman–Crippen LogP) is -0.408. The Kier molecular flexibility index (Phi) is 7.99. The van der Waals surface area contributed by atoms with Crippen molar-refractivity contribution in [2.24, 2.45) is 0 Å². The van der Waals surface area contributed by atoms with Crippen LogP contribution >= 0.6 is 0 Å². The minimum atomic E-state index is -0.821. The molecule has 72 valence electrons. The van der Waals surface area contributed by atoms with Gasteiger partial charge in [0.2, 0.25) is 0 Å². The number of likely N-dealkylation sites (N-methyl/N-ethyl adjacent to an activating group) is 1. The molecule has 0 atom stereocenters. The standard InChI is InChI=1S/C7H16N2O3/c1-2-8-5-6-12-9-4-3-7(10)11/h8-9H,2-6H2,1H3,(H,10,11). The summed E-state index contributed by atoms with van der Waals surface area (Å²) in [6, 6.07) is 0. The Morgan fingerprint density at radius 1 is 1.50 bits per heavy atom. The van der Waals surface area contributed by atoms with Gasteiger partial charge in [0, 0.05) is 13.1 Å². The molecule has 0 radical (unpaired) electrons. The Labute approximate surface area is 72.1 Å². The fraction of sp³-hybridized carbons (Fsp3) is 0.857. The minimum absolute atomic E-state index is 0.0845. The number of carboxylic acids is 1. The van der Waals surface area contributed by atoms with Crippen LogP contribution in [0.3, 0.4) is 0 Å². The molecule has 0 bridgehead atoms. The van der Waals surface area contributed by atoms with Crippen molar-refractivity contribution in [3.63, 3.8) is 0 Å². The monoisotopic (exact) mass is 176 g/mol. The average Bonchev–Trinajstić information content (AvgIpc) is 2.02. The first kappa shape index (κ1) is 11.4. The van der Waals surface area contributed by atoms with E-state index < -0.39 is 5.97 Å². The quantitative estimate of drug-likeness (QED) is 0.346. The number of carbonyl (C=O) groups is 1. The molecule has 0 aliphatic carbocycles. The summed E-state index contributed by atoms with van der Waals surface area (Å²) in [6.45, 7) is 4.60. The number of rotatable bonds is 8. The second-order valence-corrected chi connectivity index (χ2v) is 2.24. The van der Waals surface area contributed by atoms with E-state index in [-0.39, 0.29) is 6.42 Å². The second-order valence-electron chi connectivity index (χ2n) is 2.24. The van der Waals surface area contributed by atoms with E-state index in [0.717, 1.165) is 13.1 Å². The normalized spacial score (nSPS) is 10.1. The molecule has 0 saturated heterocycles. The smallest absolute Gasteiger partial charge is 0.304 e. The molecule has 0 aliphatic heterocycles. The van der Waals surface area contributed by atoms with Crippen LogP contribution < -0.4 is 10.8 Å². The summed E-state index contributed by atoms with van der Waals surface area (Å²) in [5.41, 5.74) is 2.55. The lowest BCUT2D eigenvalue weighted by Crippen LogP contribution is -2.25. The van der Waals surface area contributed by atoms with Gasteiger partial charge in [0.05, 0.1) is 13.0 Å². The molecular formula is C7H16N2O3. The van der Waals surface area contributed by atoms with E-state index in [0.29, 0.717) is 13.2 Å². The van der Waals surface area contributed by atoms with E-state index in [1.54, 1.807) is 0 Å². The van der Waals surface area contributed by atoms with Gasteiger partial charge in [0.15, 0.2) is 0 Å². The van der Waals surface area contributed by atoms with E-state index in [9.17, 15) is 4.79 Å². The number of carboxylic acid groups (broad SMARTS) is 1. The molecular weight excluding hydrogens is 160 g/mol. The maximum Gasteiger partial charge on any atom is 0.304 e. The highest BCUT2D eigenvalue weighted by molar-refractivity contribution is 5.66. The van der Waals surface area contributed by atoms with E-state index in [4.69, 9.17) is 9.94 Å². The van der Waals surface area contributed by atoms with Crippen LogP contribution in [-0.2, 0) is 9.63 Å². The van der Waals surface area contributed by atoms with Gasteiger partial charge in [-0.05, 0) is 6.54 Å². The molecule has 0 rings (SSSR count). The van der Waals surface area contributed by atoms with Crippen LogP contribution in [0.1, 0.15) is 13.3 Å². The molecule has 3 N–H and O–H groups in total. The van der Waals surface area contributed by atoms with Gasteiger partial charge in [0.1, 0.15) is 0 Å². The van der Waals surface area contributed by atoms with Crippen LogP contribution in [-0.4, -0.2) is 37.3 Å². The number of hydroxylamine groups is 1. The molecule has 5 nitrogen and oxygen atoms in total. The summed E-state index contributed by atoms with van der Waals surface area (Å²) < 4.78 is 0. The molecule has 0 aromatic heterocycles. The molecule has 12 heavy (non-hydrogen) atoms. The van der Waals surface area contributed by atoms with Gasteiger partial charge in [-0.1, -0.05) is 6.92 Å². The maximum atomic E-state index is 10.0. The summed E-state index contributed by atoms with van der Waals surface area (Å²) in [4.78, 5) is 14.9. The van der Waals surface area contributed by atoms with E-state index in [1.165, 1.54) is 0 Å². The minimum Gasteiger partial charge on any atom is -0.481 e. The third-order valence-corrected chi connectivity index (χ3v) is 1.17. The predicted molar refractivity (Wildman–Crippen MR) is 44.8 cm³/mol. The highest BCUT2D eigenvalue weighted by Crippen LogP contribution is 1.75. The average molecular weight is 176 g/mol. The van der Waals surface area contributed by atoms with Crippen LogP contribution in [0.5, 0.6) is 0 Å². The largest absolute Gasteiger partial charge is 0.481 e. The molecule has 0 saturated carbocycles. The van der Waals surface area contributed by atoms with Crippen molar-refractivity contribution in [3.05, 3.63) is 0 Å². The Balaban J connectivity index is 2.86. The molecule has 0 unspecified atom stereocenters. The molecule has 0 aromatic rings. The van der Waals surface area contributed by atoms with Gasteiger partial charge in [-0.25, -0.2) is 5.48 Å². The summed E-state index contributed by atoms with van der Waals surface area (Å²) in [5.74, 6) is -0.821. The summed E-state index contributed by atoms with van der Waals surface area (Å²) >= 11 is 0. The van der Waals surface area contributed by atoms with Gasteiger partial charge in [-0.2, -0.15) is 0 Å². The van der Waals surface area contributed by atoms with Crippen LogP contribution in [0, 0.1) is 0 Å². The Bertz CT molecular complexity index is 119. The third kappa shape index (κ3) is 9.35. The zero-order chi connectivity index (χ0) is 9.23. The lowest BCUT2D eigenvalue weighted by Gasteiger charge is -2.03. The van der Waals surface area contributed by atoms with Gasteiger partial charge in [0.25, 0.3) is 0 Å². The summed E-state index contributed by atoms with van der Waals surface area (Å²) in [7, 11) is 0. The molecule has 0 fully saturated rings. The second kappa shape index (κ2) is 8.45. The van der Waals surface area contributed by atoms with E-state index in [1.807, 2.05) is 6.92 Å².